The monoisotopic (exact) mass is 431 g/mol. The Kier molecular flexibility index (Phi) is 6.16. The Labute approximate surface area is 165 Å². The summed E-state index contributed by atoms with van der Waals surface area (Å²) in [4.78, 5) is 26.7. The normalized spacial score (nSPS) is 15.8. The molecular formula is C20H18BrNO3S. The number of hydrogen-bond donors (Lipinski definition) is 0. The van der Waals surface area contributed by atoms with Crippen molar-refractivity contribution in [2.75, 3.05) is 6.61 Å². The molecule has 1 heterocycles. The standard InChI is InChI=1S/C20H18BrNO3S/c1-2-11-25-17-10-6-4-7-14(17)12-18-19(23)22(20(24)26-18)13-15-8-3-5-9-16(15)21/h3-10,12H,2,11,13H2,1H3/b18-12+. The number of halogens is 1. The molecule has 26 heavy (non-hydrogen) atoms. The molecule has 1 fully saturated rings. The van der Waals surface area contributed by atoms with E-state index in [0.29, 0.717) is 17.3 Å². The van der Waals surface area contributed by atoms with Gasteiger partial charge in [-0.1, -0.05) is 59.3 Å². The number of imide groups is 1. The Bertz CT molecular complexity index is 866. The van der Waals surface area contributed by atoms with Crippen LogP contribution in [0.4, 0.5) is 4.79 Å². The molecule has 3 rings (SSSR count). The molecule has 0 unspecified atom stereocenters. The minimum absolute atomic E-state index is 0.247. The largest absolute Gasteiger partial charge is 0.493 e. The number of ether oxygens (including phenoxy) is 1. The Hall–Kier alpha value is -2.05. The molecule has 2 aromatic carbocycles. The van der Waals surface area contributed by atoms with E-state index in [1.54, 1.807) is 6.08 Å². The highest BCUT2D eigenvalue weighted by atomic mass is 79.9. The van der Waals surface area contributed by atoms with Crippen LogP contribution in [0.5, 0.6) is 5.75 Å². The molecular weight excluding hydrogens is 414 g/mol. The minimum atomic E-state index is -0.277. The Morgan fingerprint density at radius 3 is 2.62 bits per heavy atom. The first-order chi connectivity index (χ1) is 12.6. The number of para-hydroxylation sites is 1. The van der Waals surface area contributed by atoms with E-state index in [1.165, 1.54) is 4.90 Å². The highest BCUT2D eigenvalue weighted by Crippen LogP contribution is 2.35. The molecule has 4 nitrogen and oxygen atoms in total. The SMILES string of the molecule is CCCOc1ccccc1/C=C1/SC(=O)N(Cc2ccccc2Br)C1=O. The number of carbonyl (C=O) groups excluding carboxylic acids is 2. The van der Waals surface area contributed by atoms with Gasteiger partial charge < -0.3 is 4.74 Å². The molecule has 0 aliphatic carbocycles. The van der Waals surface area contributed by atoms with Crippen LogP contribution in [-0.4, -0.2) is 22.7 Å². The number of amides is 2. The lowest BCUT2D eigenvalue weighted by molar-refractivity contribution is -0.123. The summed E-state index contributed by atoms with van der Waals surface area (Å²) in [6.45, 7) is 2.89. The number of rotatable bonds is 6. The summed E-state index contributed by atoms with van der Waals surface area (Å²) in [7, 11) is 0. The van der Waals surface area contributed by atoms with Gasteiger partial charge in [-0.2, -0.15) is 0 Å². The van der Waals surface area contributed by atoms with Crippen LogP contribution >= 0.6 is 27.7 Å². The van der Waals surface area contributed by atoms with E-state index in [9.17, 15) is 9.59 Å². The summed E-state index contributed by atoms with van der Waals surface area (Å²) >= 11 is 4.42. The van der Waals surface area contributed by atoms with Gasteiger partial charge in [0, 0.05) is 10.0 Å². The van der Waals surface area contributed by atoms with Crippen LogP contribution in [0.2, 0.25) is 0 Å². The van der Waals surface area contributed by atoms with Crippen LogP contribution in [0.15, 0.2) is 57.9 Å². The molecule has 0 spiro atoms. The maximum atomic E-state index is 12.7. The van der Waals surface area contributed by atoms with Gasteiger partial charge in [-0.15, -0.1) is 0 Å². The number of hydrogen-bond acceptors (Lipinski definition) is 4. The van der Waals surface area contributed by atoms with Gasteiger partial charge in [-0.25, -0.2) is 0 Å². The summed E-state index contributed by atoms with van der Waals surface area (Å²) < 4.78 is 6.60. The van der Waals surface area contributed by atoms with Crippen molar-refractivity contribution in [3.63, 3.8) is 0 Å². The van der Waals surface area contributed by atoms with Crippen molar-refractivity contribution in [1.29, 1.82) is 0 Å². The summed E-state index contributed by atoms with van der Waals surface area (Å²) in [6, 6.07) is 15.1. The smallest absolute Gasteiger partial charge is 0.293 e. The van der Waals surface area contributed by atoms with Gasteiger partial charge in [-0.3, -0.25) is 14.5 Å². The molecule has 2 amide bonds. The van der Waals surface area contributed by atoms with Crippen molar-refractivity contribution >= 4 is 44.9 Å². The topological polar surface area (TPSA) is 46.6 Å². The van der Waals surface area contributed by atoms with Crippen molar-refractivity contribution in [3.05, 3.63) is 69.0 Å². The fourth-order valence-electron chi connectivity index (χ4n) is 2.52. The zero-order valence-corrected chi connectivity index (χ0v) is 16.7. The first kappa shape index (κ1) is 18.7. The number of carbonyl (C=O) groups is 2. The average Bonchev–Trinajstić information content (AvgIpc) is 2.90. The lowest BCUT2D eigenvalue weighted by Crippen LogP contribution is -2.27. The molecule has 2 aromatic rings. The quantitative estimate of drug-likeness (QED) is 0.568. The van der Waals surface area contributed by atoms with Gasteiger partial charge in [0.1, 0.15) is 5.75 Å². The molecule has 6 heteroatoms. The van der Waals surface area contributed by atoms with E-state index in [1.807, 2.05) is 55.5 Å². The van der Waals surface area contributed by atoms with E-state index in [2.05, 4.69) is 15.9 Å². The number of thioether (sulfide) groups is 1. The van der Waals surface area contributed by atoms with E-state index >= 15 is 0 Å². The Morgan fingerprint density at radius 2 is 1.85 bits per heavy atom. The highest BCUT2D eigenvalue weighted by molar-refractivity contribution is 9.10. The van der Waals surface area contributed by atoms with Gasteiger partial charge in [-0.05, 0) is 42.0 Å². The molecule has 0 saturated carbocycles. The fraction of sp³-hybridized carbons (Fsp3) is 0.200. The van der Waals surface area contributed by atoms with Gasteiger partial charge in [0.25, 0.3) is 11.1 Å². The second-order valence-corrected chi connectivity index (χ2v) is 7.59. The van der Waals surface area contributed by atoms with Crippen molar-refractivity contribution in [1.82, 2.24) is 4.90 Å². The van der Waals surface area contributed by atoms with E-state index in [-0.39, 0.29) is 17.7 Å². The lowest BCUT2D eigenvalue weighted by atomic mass is 10.1. The Balaban J connectivity index is 1.83. The molecule has 0 aromatic heterocycles. The summed E-state index contributed by atoms with van der Waals surface area (Å²) in [5.74, 6) is 0.438. The lowest BCUT2D eigenvalue weighted by Gasteiger charge is -2.13. The van der Waals surface area contributed by atoms with Crippen molar-refractivity contribution in [3.8, 4) is 5.75 Å². The second-order valence-electron chi connectivity index (χ2n) is 5.75. The predicted octanol–water partition coefficient (Wildman–Crippen LogP) is 5.47. The first-order valence-electron chi connectivity index (χ1n) is 8.30. The van der Waals surface area contributed by atoms with Crippen molar-refractivity contribution < 1.29 is 14.3 Å². The van der Waals surface area contributed by atoms with E-state index in [0.717, 1.165) is 33.8 Å². The van der Waals surface area contributed by atoms with Gasteiger partial charge in [0.05, 0.1) is 18.1 Å². The number of nitrogens with zero attached hydrogens (tertiary/aromatic N) is 1. The third kappa shape index (κ3) is 4.19. The van der Waals surface area contributed by atoms with Crippen LogP contribution in [-0.2, 0) is 11.3 Å². The maximum Gasteiger partial charge on any atom is 0.293 e. The zero-order valence-electron chi connectivity index (χ0n) is 14.3. The third-order valence-corrected chi connectivity index (χ3v) is 5.51. The van der Waals surface area contributed by atoms with E-state index < -0.39 is 0 Å². The maximum absolute atomic E-state index is 12.7. The average molecular weight is 432 g/mol. The van der Waals surface area contributed by atoms with Crippen LogP contribution in [0.1, 0.15) is 24.5 Å². The molecule has 1 aliphatic heterocycles. The molecule has 0 N–H and O–H groups in total. The van der Waals surface area contributed by atoms with Crippen molar-refractivity contribution in [2.45, 2.75) is 19.9 Å². The van der Waals surface area contributed by atoms with Crippen LogP contribution in [0, 0.1) is 0 Å². The van der Waals surface area contributed by atoms with Crippen LogP contribution in [0.25, 0.3) is 6.08 Å². The molecule has 1 saturated heterocycles. The second kappa shape index (κ2) is 8.56. The predicted molar refractivity (Wildman–Crippen MR) is 108 cm³/mol. The summed E-state index contributed by atoms with van der Waals surface area (Å²) in [5.41, 5.74) is 1.69. The van der Waals surface area contributed by atoms with Crippen LogP contribution < -0.4 is 4.74 Å². The number of benzene rings is 2. The molecule has 1 aliphatic rings. The molecule has 0 atom stereocenters. The Morgan fingerprint density at radius 1 is 1.12 bits per heavy atom. The van der Waals surface area contributed by atoms with Gasteiger partial charge >= 0.3 is 0 Å². The zero-order chi connectivity index (χ0) is 18.5. The molecule has 0 radical (unpaired) electrons. The van der Waals surface area contributed by atoms with Gasteiger partial charge in [0.2, 0.25) is 0 Å². The van der Waals surface area contributed by atoms with Gasteiger partial charge in [0.15, 0.2) is 0 Å². The summed E-state index contributed by atoms with van der Waals surface area (Å²) in [6.07, 6.45) is 2.63. The summed E-state index contributed by atoms with van der Waals surface area (Å²) in [5, 5.41) is -0.260. The van der Waals surface area contributed by atoms with Crippen molar-refractivity contribution in [2.24, 2.45) is 0 Å². The fourth-order valence-corrected chi connectivity index (χ4v) is 3.76. The first-order valence-corrected chi connectivity index (χ1v) is 9.91. The van der Waals surface area contributed by atoms with Crippen LogP contribution in [0.3, 0.4) is 0 Å². The molecule has 0 bridgehead atoms. The third-order valence-electron chi connectivity index (χ3n) is 3.83. The minimum Gasteiger partial charge on any atom is -0.493 e. The molecule has 134 valence electrons. The highest BCUT2D eigenvalue weighted by Gasteiger charge is 2.35. The van der Waals surface area contributed by atoms with E-state index in [4.69, 9.17) is 4.74 Å².